The maximum Gasteiger partial charge on any atom is 0.253 e. The van der Waals surface area contributed by atoms with Crippen molar-refractivity contribution in [2.45, 2.75) is 57.2 Å². The van der Waals surface area contributed by atoms with Crippen LogP contribution in [0.3, 0.4) is 0 Å². The molecule has 3 aliphatic heterocycles. The van der Waals surface area contributed by atoms with E-state index in [1.54, 1.807) is 13.2 Å². The number of hydrazone groups is 1. The van der Waals surface area contributed by atoms with Crippen molar-refractivity contribution in [1.29, 1.82) is 0 Å². The molecule has 1 fully saturated rings. The summed E-state index contributed by atoms with van der Waals surface area (Å²) in [6.45, 7) is 7.17. The normalized spacial score (nSPS) is 20.6. The zero-order valence-electron chi connectivity index (χ0n) is 20.9. The second-order valence-corrected chi connectivity index (χ2v) is 10.0. The van der Waals surface area contributed by atoms with E-state index in [-0.39, 0.29) is 17.6 Å². The van der Waals surface area contributed by atoms with Crippen LogP contribution in [0.25, 0.3) is 0 Å². The molecular formula is C28H35N3O4. The van der Waals surface area contributed by atoms with E-state index in [4.69, 9.17) is 14.2 Å². The monoisotopic (exact) mass is 477 g/mol. The third-order valence-corrected chi connectivity index (χ3v) is 7.23. The van der Waals surface area contributed by atoms with Crippen molar-refractivity contribution >= 4 is 12.1 Å². The minimum Gasteiger partial charge on any atom is -0.493 e. The number of piperidine rings is 1. The average molecular weight is 478 g/mol. The summed E-state index contributed by atoms with van der Waals surface area (Å²) in [6.07, 6.45) is 5.64. The number of para-hydroxylation sites is 1. The number of ether oxygens (including phenoxy) is 3. The summed E-state index contributed by atoms with van der Waals surface area (Å²) < 4.78 is 17.9. The molecule has 0 saturated carbocycles. The first-order valence-corrected chi connectivity index (χ1v) is 12.7. The summed E-state index contributed by atoms with van der Waals surface area (Å²) in [6, 6.07) is 13.8. The van der Waals surface area contributed by atoms with E-state index in [1.807, 2.05) is 43.2 Å². The molecule has 0 aromatic heterocycles. The van der Waals surface area contributed by atoms with Gasteiger partial charge in [-0.2, -0.15) is 5.10 Å². The number of likely N-dealkylation sites (tertiary alicyclic amines) is 1. The van der Waals surface area contributed by atoms with Crippen molar-refractivity contribution in [3.8, 4) is 17.2 Å². The Labute approximate surface area is 207 Å². The first kappa shape index (κ1) is 23.5. The number of hydrogen-bond acceptors (Lipinski definition) is 6. The molecule has 186 valence electrons. The van der Waals surface area contributed by atoms with Gasteiger partial charge in [0, 0.05) is 63.1 Å². The predicted octanol–water partition coefficient (Wildman–Crippen LogP) is 4.72. The fourth-order valence-electron chi connectivity index (χ4n) is 5.50. The van der Waals surface area contributed by atoms with E-state index in [0.717, 1.165) is 44.5 Å². The molecule has 3 heterocycles. The van der Waals surface area contributed by atoms with E-state index in [0.29, 0.717) is 36.1 Å². The number of hydrogen-bond donors (Lipinski definition) is 0. The van der Waals surface area contributed by atoms with Crippen LogP contribution in [-0.4, -0.2) is 67.0 Å². The highest BCUT2D eigenvalue weighted by molar-refractivity contribution is 5.95. The van der Waals surface area contributed by atoms with Gasteiger partial charge in [-0.3, -0.25) is 9.80 Å². The van der Waals surface area contributed by atoms with Crippen LogP contribution >= 0.6 is 0 Å². The number of rotatable bonds is 6. The molecule has 35 heavy (non-hydrogen) atoms. The maximum atomic E-state index is 13.3. The van der Waals surface area contributed by atoms with Gasteiger partial charge < -0.3 is 19.1 Å². The van der Waals surface area contributed by atoms with Gasteiger partial charge in [-0.25, -0.2) is 0 Å². The zero-order chi connectivity index (χ0) is 24.4. The van der Waals surface area contributed by atoms with Gasteiger partial charge in [0.15, 0.2) is 11.5 Å². The molecule has 1 saturated heterocycles. The fraction of sp³-hybridized carbons (Fsp3) is 0.500. The Morgan fingerprint density at radius 1 is 1.14 bits per heavy atom. The fourth-order valence-corrected chi connectivity index (χ4v) is 5.50. The van der Waals surface area contributed by atoms with Crippen molar-refractivity contribution in [3.63, 3.8) is 0 Å². The van der Waals surface area contributed by atoms with Crippen LogP contribution in [0.1, 0.15) is 61.4 Å². The highest BCUT2D eigenvalue weighted by atomic mass is 16.5. The lowest BCUT2D eigenvalue weighted by atomic mass is 9.77. The smallest absolute Gasteiger partial charge is 0.253 e. The van der Waals surface area contributed by atoms with Crippen LogP contribution in [0.5, 0.6) is 17.2 Å². The Morgan fingerprint density at radius 2 is 1.94 bits per heavy atom. The Morgan fingerprint density at radius 3 is 2.66 bits per heavy atom. The molecular weight excluding hydrogens is 442 g/mol. The van der Waals surface area contributed by atoms with Gasteiger partial charge in [0.1, 0.15) is 11.4 Å². The van der Waals surface area contributed by atoms with Gasteiger partial charge >= 0.3 is 0 Å². The van der Waals surface area contributed by atoms with Gasteiger partial charge in [-0.05, 0) is 50.1 Å². The molecule has 3 aliphatic rings. The van der Waals surface area contributed by atoms with Gasteiger partial charge in [-0.1, -0.05) is 18.2 Å². The molecule has 5 rings (SSSR count). The topological polar surface area (TPSA) is 63.6 Å². The summed E-state index contributed by atoms with van der Waals surface area (Å²) >= 11 is 0. The number of methoxy groups -OCH3 is 1. The van der Waals surface area contributed by atoms with E-state index in [9.17, 15) is 4.79 Å². The third kappa shape index (κ3) is 4.95. The zero-order valence-corrected chi connectivity index (χ0v) is 20.9. The van der Waals surface area contributed by atoms with Crippen molar-refractivity contribution in [2.75, 3.05) is 33.3 Å². The summed E-state index contributed by atoms with van der Waals surface area (Å²) in [5, 5.41) is 6.72. The van der Waals surface area contributed by atoms with Crippen molar-refractivity contribution in [2.24, 2.45) is 5.10 Å². The van der Waals surface area contributed by atoms with Gasteiger partial charge in [-0.15, -0.1) is 0 Å². The molecule has 1 spiro atoms. The quantitative estimate of drug-likeness (QED) is 0.603. The Balaban J connectivity index is 1.28. The Bertz CT molecular complexity index is 1090. The van der Waals surface area contributed by atoms with Crippen LogP contribution in [0.15, 0.2) is 47.6 Å². The van der Waals surface area contributed by atoms with Crippen molar-refractivity contribution < 1.29 is 19.0 Å². The third-order valence-electron chi connectivity index (χ3n) is 7.23. The van der Waals surface area contributed by atoms with Crippen LogP contribution < -0.4 is 14.2 Å². The molecule has 7 heteroatoms. The molecule has 2 aromatic carbocycles. The van der Waals surface area contributed by atoms with Crippen molar-refractivity contribution in [3.05, 3.63) is 53.6 Å². The van der Waals surface area contributed by atoms with Gasteiger partial charge in [0.25, 0.3) is 5.91 Å². The lowest BCUT2D eigenvalue weighted by Crippen LogP contribution is -2.52. The maximum absolute atomic E-state index is 13.3. The standard InChI is InChI=1S/C28H35N3O4/c1-20(2)34-25-10-9-21(17-26(25)33-3)27(32)30-15-11-28(12-16-30)18-22(19-31-14-6-13-29-31)23-7-4-5-8-24(23)35-28/h4-5,7-10,13,17,20,22H,6,11-12,14-16,18-19H2,1-3H3. The summed E-state index contributed by atoms with van der Waals surface area (Å²) in [7, 11) is 1.60. The number of nitrogens with zero attached hydrogens (tertiary/aromatic N) is 3. The minimum absolute atomic E-state index is 0.0217. The largest absolute Gasteiger partial charge is 0.493 e. The second-order valence-electron chi connectivity index (χ2n) is 10.0. The van der Waals surface area contributed by atoms with Gasteiger partial charge in [0.05, 0.1) is 13.2 Å². The van der Waals surface area contributed by atoms with Crippen molar-refractivity contribution in [1.82, 2.24) is 9.91 Å². The number of carbonyl (C=O) groups excluding carboxylic acids is 1. The first-order valence-electron chi connectivity index (χ1n) is 12.7. The van der Waals surface area contributed by atoms with E-state index >= 15 is 0 Å². The Hall–Kier alpha value is -3.22. The second kappa shape index (κ2) is 9.80. The van der Waals surface area contributed by atoms with Crippen LogP contribution in [0, 0.1) is 0 Å². The molecule has 1 unspecified atom stereocenters. The molecule has 0 bridgehead atoms. The average Bonchev–Trinajstić information content (AvgIpc) is 3.37. The summed E-state index contributed by atoms with van der Waals surface area (Å²) in [5.41, 5.74) is 1.65. The lowest BCUT2D eigenvalue weighted by molar-refractivity contribution is -0.0206. The Kier molecular flexibility index (Phi) is 6.58. The number of carbonyl (C=O) groups is 1. The van der Waals surface area contributed by atoms with Crippen LogP contribution in [0.2, 0.25) is 0 Å². The minimum atomic E-state index is -0.244. The van der Waals surface area contributed by atoms with E-state index in [2.05, 4.69) is 28.3 Å². The van der Waals surface area contributed by atoms with E-state index in [1.165, 1.54) is 5.56 Å². The van der Waals surface area contributed by atoms with Gasteiger partial charge in [0.2, 0.25) is 0 Å². The molecule has 7 nitrogen and oxygen atoms in total. The van der Waals surface area contributed by atoms with E-state index < -0.39 is 0 Å². The molecule has 0 radical (unpaired) electrons. The van der Waals surface area contributed by atoms with Crippen LogP contribution in [0.4, 0.5) is 0 Å². The first-order chi connectivity index (χ1) is 17.0. The highest BCUT2D eigenvalue weighted by Crippen LogP contribution is 2.46. The number of amides is 1. The molecule has 2 aromatic rings. The number of fused-ring (bicyclic) bond motifs is 1. The molecule has 1 amide bonds. The summed E-state index contributed by atoms with van der Waals surface area (Å²) in [4.78, 5) is 15.3. The lowest BCUT2D eigenvalue weighted by Gasteiger charge is -2.47. The molecule has 1 atom stereocenters. The molecule has 0 aliphatic carbocycles. The SMILES string of the molecule is COc1cc(C(=O)N2CCC3(CC2)CC(CN2CCC=N2)c2ccccc2O3)ccc1OC(C)C. The summed E-state index contributed by atoms with van der Waals surface area (Å²) in [5.74, 6) is 2.61. The number of benzene rings is 2. The van der Waals surface area contributed by atoms with Crippen LogP contribution in [-0.2, 0) is 0 Å². The predicted molar refractivity (Wildman–Crippen MR) is 136 cm³/mol. The molecule has 0 N–H and O–H groups in total. The highest BCUT2D eigenvalue weighted by Gasteiger charge is 2.44.